The van der Waals surface area contributed by atoms with E-state index in [-0.39, 0.29) is 5.41 Å². The summed E-state index contributed by atoms with van der Waals surface area (Å²) in [6, 6.07) is 6.46. The van der Waals surface area contributed by atoms with Crippen LogP contribution in [0.2, 0.25) is 0 Å². The Kier molecular flexibility index (Phi) is 2.96. The zero-order valence-corrected chi connectivity index (χ0v) is 11.1. The molecule has 1 aromatic carbocycles. The van der Waals surface area contributed by atoms with Crippen molar-refractivity contribution in [1.82, 2.24) is 9.55 Å². The average molecular weight is 231 g/mol. The highest BCUT2D eigenvalue weighted by molar-refractivity contribution is 5.77. The summed E-state index contributed by atoms with van der Waals surface area (Å²) in [4.78, 5) is 4.61. The Morgan fingerprint density at radius 2 is 2.06 bits per heavy atom. The lowest BCUT2D eigenvalue weighted by Gasteiger charge is -2.23. The van der Waals surface area contributed by atoms with E-state index in [2.05, 4.69) is 55.6 Å². The normalized spacial score (nSPS) is 12.3. The van der Waals surface area contributed by atoms with Crippen LogP contribution < -0.4 is 5.73 Å². The van der Waals surface area contributed by atoms with Crippen molar-refractivity contribution in [2.24, 2.45) is 12.8 Å². The lowest BCUT2D eigenvalue weighted by Crippen LogP contribution is -2.27. The third-order valence-electron chi connectivity index (χ3n) is 3.58. The van der Waals surface area contributed by atoms with Gasteiger partial charge in [0, 0.05) is 25.4 Å². The molecule has 0 amide bonds. The van der Waals surface area contributed by atoms with E-state index in [4.69, 9.17) is 5.73 Å². The predicted octanol–water partition coefficient (Wildman–Crippen LogP) is 2.37. The highest BCUT2D eigenvalue weighted by atomic mass is 15.1. The first-order chi connectivity index (χ1) is 7.99. The van der Waals surface area contributed by atoms with Crippen molar-refractivity contribution in [2.45, 2.75) is 32.6 Å². The summed E-state index contributed by atoms with van der Waals surface area (Å²) in [5.41, 5.74) is 9.39. The Morgan fingerprint density at radius 1 is 1.35 bits per heavy atom. The van der Waals surface area contributed by atoms with Gasteiger partial charge in [-0.3, -0.25) is 0 Å². The first-order valence-electron chi connectivity index (χ1n) is 6.15. The third kappa shape index (κ3) is 1.95. The number of nitrogens with zero attached hydrogens (tertiary/aromatic N) is 2. The zero-order valence-electron chi connectivity index (χ0n) is 11.1. The first-order valence-corrected chi connectivity index (χ1v) is 6.15. The molecular weight excluding hydrogens is 210 g/mol. The summed E-state index contributed by atoms with van der Waals surface area (Å²) < 4.78 is 2.17. The fourth-order valence-corrected chi connectivity index (χ4v) is 2.09. The maximum Gasteiger partial charge on any atom is 0.109 e. The van der Waals surface area contributed by atoms with E-state index in [1.54, 1.807) is 0 Å². The summed E-state index contributed by atoms with van der Waals surface area (Å²) in [5, 5.41) is 0. The van der Waals surface area contributed by atoms with Gasteiger partial charge in [-0.2, -0.15) is 0 Å². The topological polar surface area (TPSA) is 43.8 Å². The van der Waals surface area contributed by atoms with Crippen LogP contribution in [0, 0.1) is 0 Å². The summed E-state index contributed by atoms with van der Waals surface area (Å²) in [6.45, 7) is 7.12. The van der Waals surface area contributed by atoms with E-state index in [0.717, 1.165) is 17.8 Å². The van der Waals surface area contributed by atoms with Crippen LogP contribution in [0.4, 0.5) is 0 Å². The van der Waals surface area contributed by atoms with Crippen LogP contribution in [0.15, 0.2) is 18.2 Å². The molecule has 0 radical (unpaired) electrons. The Bertz CT molecular complexity index is 538. The number of rotatable bonds is 3. The van der Waals surface area contributed by atoms with E-state index >= 15 is 0 Å². The van der Waals surface area contributed by atoms with Gasteiger partial charge in [-0.05, 0) is 17.7 Å². The van der Waals surface area contributed by atoms with E-state index < -0.39 is 0 Å². The first kappa shape index (κ1) is 12.1. The summed E-state index contributed by atoms with van der Waals surface area (Å²) in [7, 11) is 2.08. The fraction of sp³-hybridized carbons (Fsp3) is 0.500. The summed E-state index contributed by atoms with van der Waals surface area (Å²) in [6.07, 6.45) is 0.959. The van der Waals surface area contributed by atoms with Crippen molar-refractivity contribution in [2.75, 3.05) is 6.54 Å². The minimum Gasteiger partial charge on any atom is -0.331 e. The molecule has 2 aromatic rings. The molecule has 0 aliphatic carbocycles. The molecule has 17 heavy (non-hydrogen) atoms. The molecule has 0 fully saturated rings. The van der Waals surface area contributed by atoms with Crippen molar-refractivity contribution in [1.29, 1.82) is 0 Å². The SMILES string of the molecule is CCc1nc2ccc(C(C)(C)CN)cc2n1C. The van der Waals surface area contributed by atoms with Crippen LogP contribution in [0.25, 0.3) is 11.0 Å². The van der Waals surface area contributed by atoms with Crippen LogP contribution >= 0.6 is 0 Å². The van der Waals surface area contributed by atoms with Crippen LogP contribution in [0.3, 0.4) is 0 Å². The van der Waals surface area contributed by atoms with Crippen LogP contribution in [-0.4, -0.2) is 16.1 Å². The number of fused-ring (bicyclic) bond motifs is 1. The summed E-state index contributed by atoms with van der Waals surface area (Å²) in [5.74, 6) is 1.13. The van der Waals surface area contributed by atoms with E-state index in [0.29, 0.717) is 6.54 Å². The molecule has 0 bridgehead atoms. The third-order valence-corrected chi connectivity index (χ3v) is 3.58. The minimum atomic E-state index is 0.0187. The maximum atomic E-state index is 5.83. The lowest BCUT2D eigenvalue weighted by atomic mass is 9.85. The van der Waals surface area contributed by atoms with E-state index in [1.165, 1.54) is 11.1 Å². The molecule has 3 nitrogen and oxygen atoms in total. The molecule has 0 aliphatic heterocycles. The van der Waals surface area contributed by atoms with Crippen LogP contribution in [0.1, 0.15) is 32.2 Å². The molecule has 1 heterocycles. The average Bonchev–Trinajstić information content (AvgIpc) is 2.66. The Labute approximate surface area is 103 Å². The maximum absolute atomic E-state index is 5.83. The molecule has 1 aromatic heterocycles. The standard InChI is InChI=1S/C14H21N3/c1-5-13-16-11-7-6-10(14(2,3)9-15)8-12(11)17(13)4/h6-8H,5,9,15H2,1-4H3. The molecule has 0 spiro atoms. The quantitative estimate of drug-likeness (QED) is 0.881. The largest absolute Gasteiger partial charge is 0.331 e. The Balaban J connectivity index is 2.61. The number of nitrogens with two attached hydrogens (primary N) is 1. The number of imidazole rings is 1. The van der Waals surface area contributed by atoms with Crippen molar-refractivity contribution >= 4 is 11.0 Å². The molecule has 3 heteroatoms. The van der Waals surface area contributed by atoms with Gasteiger partial charge in [0.15, 0.2) is 0 Å². The van der Waals surface area contributed by atoms with Crippen molar-refractivity contribution in [3.05, 3.63) is 29.6 Å². The van der Waals surface area contributed by atoms with E-state index in [1.807, 2.05) is 0 Å². The van der Waals surface area contributed by atoms with Crippen LogP contribution in [0.5, 0.6) is 0 Å². The monoisotopic (exact) mass is 231 g/mol. The van der Waals surface area contributed by atoms with Crippen LogP contribution in [-0.2, 0) is 18.9 Å². The van der Waals surface area contributed by atoms with Gasteiger partial charge in [-0.15, -0.1) is 0 Å². The predicted molar refractivity (Wildman–Crippen MR) is 72.2 cm³/mol. The van der Waals surface area contributed by atoms with Gasteiger partial charge in [-0.1, -0.05) is 26.8 Å². The molecule has 92 valence electrons. The number of benzene rings is 1. The molecule has 0 saturated carbocycles. The highest BCUT2D eigenvalue weighted by Crippen LogP contribution is 2.26. The van der Waals surface area contributed by atoms with Crippen molar-refractivity contribution in [3.63, 3.8) is 0 Å². The molecule has 0 aliphatic rings. The second kappa shape index (κ2) is 4.15. The fourth-order valence-electron chi connectivity index (χ4n) is 2.09. The number of hydrogen-bond donors (Lipinski definition) is 1. The zero-order chi connectivity index (χ0) is 12.6. The number of aryl methyl sites for hydroxylation is 2. The molecule has 0 unspecified atom stereocenters. The molecule has 2 N–H and O–H groups in total. The Hall–Kier alpha value is -1.35. The molecular formula is C14H21N3. The highest BCUT2D eigenvalue weighted by Gasteiger charge is 2.19. The number of hydrogen-bond acceptors (Lipinski definition) is 2. The second-order valence-electron chi connectivity index (χ2n) is 5.23. The van der Waals surface area contributed by atoms with Gasteiger partial charge < -0.3 is 10.3 Å². The van der Waals surface area contributed by atoms with Gasteiger partial charge in [-0.25, -0.2) is 4.98 Å². The van der Waals surface area contributed by atoms with Gasteiger partial charge >= 0.3 is 0 Å². The van der Waals surface area contributed by atoms with Gasteiger partial charge in [0.05, 0.1) is 11.0 Å². The lowest BCUT2D eigenvalue weighted by molar-refractivity contribution is 0.539. The van der Waals surface area contributed by atoms with Gasteiger partial charge in [0.2, 0.25) is 0 Å². The molecule has 0 saturated heterocycles. The second-order valence-corrected chi connectivity index (χ2v) is 5.23. The van der Waals surface area contributed by atoms with Crippen molar-refractivity contribution in [3.8, 4) is 0 Å². The minimum absolute atomic E-state index is 0.0187. The van der Waals surface area contributed by atoms with E-state index in [9.17, 15) is 0 Å². The smallest absolute Gasteiger partial charge is 0.109 e. The van der Waals surface area contributed by atoms with Gasteiger partial charge in [0.1, 0.15) is 5.82 Å². The number of aromatic nitrogens is 2. The Morgan fingerprint density at radius 3 is 2.65 bits per heavy atom. The molecule has 2 rings (SSSR count). The molecule has 0 atom stereocenters. The summed E-state index contributed by atoms with van der Waals surface area (Å²) >= 11 is 0. The van der Waals surface area contributed by atoms with Gasteiger partial charge in [0.25, 0.3) is 0 Å². The van der Waals surface area contributed by atoms with Crippen molar-refractivity contribution < 1.29 is 0 Å².